The van der Waals surface area contributed by atoms with Crippen LogP contribution in [0.25, 0.3) is 11.0 Å². The van der Waals surface area contributed by atoms with Gasteiger partial charge in [0.05, 0.1) is 16.6 Å². The van der Waals surface area contributed by atoms with Gasteiger partial charge < -0.3 is 9.97 Å². The van der Waals surface area contributed by atoms with Gasteiger partial charge in [-0.2, -0.15) is 4.99 Å². The van der Waals surface area contributed by atoms with Gasteiger partial charge in [-0.1, -0.05) is 18.9 Å². The molecular weight excluding hydrogens is 230 g/mol. The maximum Gasteiger partial charge on any atom is 0.323 e. The molecule has 1 fully saturated rings. The summed E-state index contributed by atoms with van der Waals surface area (Å²) in [4.78, 5) is 31.3. The van der Waals surface area contributed by atoms with Gasteiger partial charge in [0.25, 0.3) is 0 Å². The first-order valence-electron chi connectivity index (χ1n) is 6.05. The average molecular weight is 243 g/mol. The van der Waals surface area contributed by atoms with Crippen molar-refractivity contribution < 1.29 is 4.79 Å². The fraction of sp³-hybridized carbons (Fsp3) is 0.385. The maximum absolute atomic E-state index is 11.2. The van der Waals surface area contributed by atoms with E-state index in [0.717, 1.165) is 42.3 Å². The molecule has 18 heavy (non-hydrogen) atoms. The molecule has 1 aromatic carbocycles. The van der Waals surface area contributed by atoms with Crippen LogP contribution >= 0.6 is 0 Å². The number of isocyanates is 1. The molecule has 5 heteroatoms. The highest BCUT2D eigenvalue weighted by Gasteiger charge is 2.35. The Kier molecular flexibility index (Phi) is 2.42. The second-order valence-electron chi connectivity index (χ2n) is 4.78. The molecule has 0 aliphatic heterocycles. The predicted molar refractivity (Wildman–Crippen MR) is 67.2 cm³/mol. The van der Waals surface area contributed by atoms with E-state index in [-0.39, 0.29) is 5.69 Å². The largest absolute Gasteiger partial charge is 0.323 e. The van der Waals surface area contributed by atoms with E-state index in [1.54, 1.807) is 6.08 Å². The normalized spacial score (nSPS) is 17.8. The number of aromatic amines is 2. The summed E-state index contributed by atoms with van der Waals surface area (Å²) in [5, 5.41) is 0. The Hall–Kier alpha value is -2.13. The molecule has 1 heterocycles. The van der Waals surface area contributed by atoms with E-state index in [4.69, 9.17) is 0 Å². The number of nitrogens with one attached hydrogen (secondary N) is 2. The molecule has 0 radical (unpaired) electrons. The minimum absolute atomic E-state index is 0.221. The van der Waals surface area contributed by atoms with Crippen molar-refractivity contribution in [1.82, 2.24) is 9.97 Å². The average Bonchev–Trinajstić information content (AvgIpc) is 2.94. The van der Waals surface area contributed by atoms with Crippen molar-refractivity contribution in [2.75, 3.05) is 0 Å². The molecule has 1 aliphatic rings. The molecule has 0 spiro atoms. The first-order chi connectivity index (χ1) is 8.73. The molecular formula is C13H13N3O2. The topological polar surface area (TPSA) is 78.1 Å². The van der Waals surface area contributed by atoms with Gasteiger partial charge in [0, 0.05) is 0 Å². The van der Waals surface area contributed by atoms with E-state index in [1.807, 2.05) is 18.2 Å². The zero-order chi connectivity index (χ0) is 12.6. The zero-order valence-corrected chi connectivity index (χ0v) is 9.82. The van der Waals surface area contributed by atoms with Crippen molar-refractivity contribution in [1.29, 1.82) is 0 Å². The lowest BCUT2D eigenvalue weighted by Crippen LogP contribution is -2.18. The Balaban J connectivity index is 2.17. The van der Waals surface area contributed by atoms with Crippen LogP contribution in [0.15, 0.2) is 28.0 Å². The Bertz CT molecular complexity index is 686. The van der Waals surface area contributed by atoms with Crippen LogP contribution in [-0.2, 0) is 10.3 Å². The van der Waals surface area contributed by atoms with E-state index in [0.29, 0.717) is 0 Å². The van der Waals surface area contributed by atoms with Crippen LogP contribution in [-0.4, -0.2) is 16.0 Å². The van der Waals surface area contributed by atoms with Gasteiger partial charge in [0.2, 0.25) is 6.08 Å². The quantitative estimate of drug-likeness (QED) is 0.624. The number of imidazole rings is 1. The lowest BCUT2D eigenvalue weighted by Gasteiger charge is -2.22. The van der Waals surface area contributed by atoms with Crippen LogP contribution in [0.5, 0.6) is 0 Å². The molecule has 92 valence electrons. The highest BCUT2D eigenvalue weighted by molar-refractivity contribution is 5.75. The van der Waals surface area contributed by atoms with Crippen LogP contribution in [0.1, 0.15) is 31.2 Å². The Morgan fingerprint density at radius 3 is 2.61 bits per heavy atom. The van der Waals surface area contributed by atoms with Crippen molar-refractivity contribution in [3.05, 3.63) is 34.2 Å². The number of nitrogens with zero attached hydrogens (tertiary/aromatic N) is 1. The number of aromatic nitrogens is 2. The van der Waals surface area contributed by atoms with Crippen LogP contribution in [0.2, 0.25) is 0 Å². The van der Waals surface area contributed by atoms with Crippen molar-refractivity contribution in [2.24, 2.45) is 4.99 Å². The number of carbonyl (C=O) groups excluding carboxylic acids is 1. The predicted octanol–water partition coefficient (Wildman–Crippen LogP) is 1.96. The molecule has 0 unspecified atom stereocenters. The third kappa shape index (κ3) is 1.60. The first-order valence-corrected chi connectivity index (χ1v) is 6.05. The number of hydrogen-bond donors (Lipinski definition) is 2. The van der Waals surface area contributed by atoms with Crippen LogP contribution in [0, 0.1) is 0 Å². The van der Waals surface area contributed by atoms with Gasteiger partial charge in [0.15, 0.2) is 0 Å². The number of fused-ring (bicyclic) bond motifs is 1. The molecule has 0 atom stereocenters. The Morgan fingerprint density at radius 2 is 1.89 bits per heavy atom. The third-order valence-electron chi connectivity index (χ3n) is 3.74. The molecule has 2 N–H and O–H groups in total. The van der Waals surface area contributed by atoms with E-state index >= 15 is 0 Å². The van der Waals surface area contributed by atoms with E-state index in [1.165, 1.54) is 0 Å². The van der Waals surface area contributed by atoms with Crippen molar-refractivity contribution in [3.8, 4) is 0 Å². The maximum atomic E-state index is 11.2. The minimum atomic E-state index is -0.440. The summed E-state index contributed by atoms with van der Waals surface area (Å²) < 4.78 is 0. The van der Waals surface area contributed by atoms with E-state index < -0.39 is 5.54 Å². The van der Waals surface area contributed by atoms with Gasteiger partial charge >= 0.3 is 5.69 Å². The number of aliphatic imine (C=N–C) groups is 1. The molecule has 1 aromatic heterocycles. The summed E-state index contributed by atoms with van der Waals surface area (Å²) in [6.45, 7) is 0. The summed E-state index contributed by atoms with van der Waals surface area (Å²) in [7, 11) is 0. The monoisotopic (exact) mass is 243 g/mol. The van der Waals surface area contributed by atoms with E-state index in [9.17, 15) is 9.59 Å². The number of benzene rings is 1. The van der Waals surface area contributed by atoms with Crippen molar-refractivity contribution in [3.63, 3.8) is 0 Å². The summed E-state index contributed by atoms with van der Waals surface area (Å²) in [6.07, 6.45) is 5.55. The minimum Gasteiger partial charge on any atom is -0.306 e. The number of rotatable bonds is 2. The number of H-pyrrole nitrogens is 2. The summed E-state index contributed by atoms with van der Waals surface area (Å²) in [5.41, 5.74) is 1.84. The molecule has 3 rings (SSSR count). The highest BCUT2D eigenvalue weighted by Crippen LogP contribution is 2.42. The molecule has 0 bridgehead atoms. The third-order valence-corrected chi connectivity index (χ3v) is 3.74. The second kappa shape index (κ2) is 3.96. The van der Waals surface area contributed by atoms with Gasteiger partial charge in [-0.3, -0.25) is 0 Å². The lowest BCUT2D eigenvalue weighted by molar-refractivity contribution is 0.456. The highest BCUT2D eigenvalue weighted by atomic mass is 16.1. The fourth-order valence-electron chi connectivity index (χ4n) is 2.83. The van der Waals surface area contributed by atoms with Crippen LogP contribution in [0.3, 0.4) is 0 Å². The van der Waals surface area contributed by atoms with Gasteiger partial charge in [-0.25, -0.2) is 9.59 Å². The molecule has 1 aliphatic carbocycles. The smallest absolute Gasteiger partial charge is 0.306 e. The summed E-state index contributed by atoms with van der Waals surface area (Å²) in [6, 6.07) is 5.68. The first kappa shape index (κ1) is 11.0. The second-order valence-corrected chi connectivity index (χ2v) is 4.78. The van der Waals surface area contributed by atoms with Gasteiger partial charge in [0.1, 0.15) is 0 Å². The standard InChI is InChI=1S/C13H13N3O2/c17-8-14-13(5-1-2-6-13)9-3-4-10-11(7-9)16-12(18)15-10/h3-4,7H,1-2,5-6H2,(H2,15,16,18). The molecule has 2 aromatic rings. The van der Waals surface area contributed by atoms with E-state index in [2.05, 4.69) is 15.0 Å². The van der Waals surface area contributed by atoms with Gasteiger partial charge in [-0.15, -0.1) is 0 Å². The molecule has 0 saturated heterocycles. The lowest BCUT2D eigenvalue weighted by atomic mass is 9.89. The van der Waals surface area contributed by atoms with Crippen LogP contribution in [0.4, 0.5) is 0 Å². The zero-order valence-electron chi connectivity index (χ0n) is 9.82. The summed E-state index contributed by atoms with van der Waals surface area (Å²) in [5.74, 6) is 0. The van der Waals surface area contributed by atoms with Crippen molar-refractivity contribution in [2.45, 2.75) is 31.2 Å². The molecule has 1 saturated carbocycles. The van der Waals surface area contributed by atoms with Crippen molar-refractivity contribution >= 4 is 17.1 Å². The Morgan fingerprint density at radius 1 is 1.17 bits per heavy atom. The molecule has 5 nitrogen and oxygen atoms in total. The Labute approximate surface area is 103 Å². The summed E-state index contributed by atoms with van der Waals surface area (Å²) >= 11 is 0. The number of hydrogen-bond acceptors (Lipinski definition) is 3. The van der Waals surface area contributed by atoms with Gasteiger partial charge in [-0.05, 0) is 30.5 Å². The SMILES string of the molecule is O=C=NC1(c2ccc3[nH]c(=O)[nH]c3c2)CCCC1. The molecule has 0 amide bonds. The fourth-order valence-corrected chi connectivity index (χ4v) is 2.83. The van der Waals surface area contributed by atoms with Crippen LogP contribution < -0.4 is 5.69 Å².